The van der Waals surface area contributed by atoms with Crippen LogP contribution in [0.5, 0.6) is 0 Å². The van der Waals surface area contributed by atoms with E-state index in [4.69, 9.17) is 4.98 Å². The van der Waals surface area contributed by atoms with Crippen molar-refractivity contribution in [1.82, 2.24) is 18.8 Å². The minimum atomic E-state index is -3.15. The number of hydrogen-bond donors (Lipinski definition) is 1. The number of anilines is 1. The lowest BCUT2D eigenvalue weighted by atomic mass is 9.82. The van der Waals surface area contributed by atoms with E-state index in [9.17, 15) is 13.2 Å². The second-order valence-corrected chi connectivity index (χ2v) is 11.4. The van der Waals surface area contributed by atoms with E-state index >= 15 is 0 Å². The molecule has 9 heteroatoms. The van der Waals surface area contributed by atoms with Gasteiger partial charge in [0.05, 0.1) is 6.26 Å². The van der Waals surface area contributed by atoms with Crippen molar-refractivity contribution < 1.29 is 8.42 Å². The van der Waals surface area contributed by atoms with E-state index in [-0.39, 0.29) is 17.0 Å². The van der Waals surface area contributed by atoms with Crippen LogP contribution in [0.2, 0.25) is 0 Å². The standard InChI is InChI=1S/C21H31N5O3S/c1-21(2)10-4-5-16(21)14-26-18(27)7-6-15-13-22-20(24-19(15)26)23-17-8-11-25(12-9-17)30(3,28)29/h6-7,13,16-17H,4-5,8-12,14H2,1-3H3,(H,22,23,24)/t16-/m0/s1. The first-order valence-corrected chi connectivity index (χ1v) is 12.6. The number of pyridine rings is 1. The van der Waals surface area contributed by atoms with Crippen LogP contribution >= 0.6 is 0 Å². The predicted molar refractivity (Wildman–Crippen MR) is 118 cm³/mol. The van der Waals surface area contributed by atoms with Crippen molar-refractivity contribution >= 4 is 27.0 Å². The molecule has 2 fully saturated rings. The molecular formula is C21H31N5O3S. The Labute approximate surface area is 177 Å². The van der Waals surface area contributed by atoms with Crippen LogP contribution in [0.1, 0.15) is 46.0 Å². The molecule has 2 aromatic rings. The van der Waals surface area contributed by atoms with E-state index in [1.165, 1.54) is 23.4 Å². The molecule has 0 unspecified atom stereocenters. The summed E-state index contributed by atoms with van der Waals surface area (Å²) in [6, 6.07) is 3.49. The Morgan fingerprint density at radius 2 is 1.93 bits per heavy atom. The molecule has 3 heterocycles. The highest BCUT2D eigenvalue weighted by Crippen LogP contribution is 2.43. The fourth-order valence-corrected chi connectivity index (χ4v) is 5.66. The summed E-state index contributed by atoms with van der Waals surface area (Å²) in [7, 11) is -3.15. The van der Waals surface area contributed by atoms with Gasteiger partial charge in [-0.15, -0.1) is 0 Å². The van der Waals surface area contributed by atoms with E-state index in [1.807, 2.05) is 0 Å². The number of aromatic nitrogens is 3. The van der Waals surface area contributed by atoms with Crippen LogP contribution in [-0.4, -0.2) is 52.6 Å². The summed E-state index contributed by atoms with van der Waals surface area (Å²) in [4.78, 5) is 21.8. The van der Waals surface area contributed by atoms with Crippen molar-refractivity contribution in [1.29, 1.82) is 0 Å². The van der Waals surface area contributed by atoms with Gasteiger partial charge >= 0.3 is 0 Å². The molecule has 1 N–H and O–H groups in total. The van der Waals surface area contributed by atoms with E-state index in [0.717, 1.165) is 11.8 Å². The maximum absolute atomic E-state index is 12.7. The fourth-order valence-electron chi connectivity index (χ4n) is 4.79. The molecule has 1 saturated carbocycles. The third kappa shape index (κ3) is 4.37. The Bertz CT molecular complexity index is 1090. The molecule has 0 aromatic carbocycles. The Balaban J connectivity index is 1.56. The summed E-state index contributed by atoms with van der Waals surface area (Å²) in [6.07, 6.45) is 7.92. The molecule has 0 spiro atoms. The van der Waals surface area contributed by atoms with Gasteiger partial charge in [0, 0.05) is 43.3 Å². The van der Waals surface area contributed by atoms with Crippen LogP contribution in [0, 0.1) is 11.3 Å². The molecule has 164 valence electrons. The summed E-state index contributed by atoms with van der Waals surface area (Å²) >= 11 is 0. The summed E-state index contributed by atoms with van der Waals surface area (Å²) < 4.78 is 26.7. The SMILES string of the molecule is CC1(C)CCC[C@H]1Cn1c(=O)ccc2cnc(NC3CCN(S(C)(=O)=O)CC3)nc21. The van der Waals surface area contributed by atoms with Crippen molar-refractivity contribution in [2.75, 3.05) is 24.7 Å². The van der Waals surface area contributed by atoms with Gasteiger partial charge in [-0.3, -0.25) is 9.36 Å². The zero-order valence-electron chi connectivity index (χ0n) is 18.0. The van der Waals surface area contributed by atoms with Gasteiger partial charge in [0.15, 0.2) is 0 Å². The molecule has 0 bridgehead atoms. The largest absolute Gasteiger partial charge is 0.351 e. The van der Waals surface area contributed by atoms with Gasteiger partial charge in [0.2, 0.25) is 16.0 Å². The second-order valence-electron chi connectivity index (χ2n) is 9.41. The third-order valence-corrected chi connectivity index (χ3v) is 8.16. The van der Waals surface area contributed by atoms with Crippen LogP contribution < -0.4 is 10.9 Å². The van der Waals surface area contributed by atoms with E-state index < -0.39 is 10.0 Å². The molecule has 4 rings (SSSR count). The molecule has 1 aliphatic carbocycles. The fraction of sp³-hybridized carbons (Fsp3) is 0.667. The third-order valence-electron chi connectivity index (χ3n) is 6.86. The minimum Gasteiger partial charge on any atom is -0.351 e. The maximum Gasteiger partial charge on any atom is 0.252 e. The molecule has 1 atom stereocenters. The van der Waals surface area contributed by atoms with Crippen molar-refractivity contribution in [2.24, 2.45) is 11.3 Å². The Morgan fingerprint density at radius 3 is 2.57 bits per heavy atom. The maximum atomic E-state index is 12.7. The lowest BCUT2D eigenvalue weighted by Crippen LogP contribution is -2.42. The zero-order valence-corrected chi connectivity index (χ0v) is 18.8. The number of nitrogens with zero attached hydrogens (tertiary/aromatic N) is 4. The zero-order chi connectivity index (χ0) is 21.5. The molecule has 2 aromatic heterocycles. The van der Waals surface area contributed by atoms with Gasteiger partial charge in [-0.1, -0.05) is 20.3 Å². The minimum absolute atomic E-state index is 0.0312. The van der Waals surface area contributed by atoms with Crippen molar-refractivity contribution in [2.45, 2.75) is 58.5 Å². The van der Waals surface area contributed by atoms with Crippen LogP contribution in [0.4, 0.5) is 5.95 Å². The number of hydrogen-bond acceptors (Lipinski definition) is 6. The summed E-state index contributed by atoms with van der Waals surface area (Å²) in [5, 5.41) is 4.19. The first-order chi connectivity index (χ1) is 14.1. The number of nitrogens with one attached hydrogen (secondary N) is 1. The van der Waals surface area contributed by atoms with E-state index in [2.05, 4.69) is 24.1 Å². The number of sulfonamides is 1. The van der Waals surface area contributed by atoms with Gasteiger partial charge in [-0.2, -0.15) is 4.98 Å². The van der Waals surface area contributed by atoms with Gasteiger partial charge in [0.1, 0.15) is 5.65 Å². The molecule has 0 radical (unpaired) electrons. The predicted octanol–water partition coefficient (Wildman–Crippen LogP) is 2.45. The molecule has 0 amide bonds. The lowest BCUT2D eigenvalue weighted by molar-refractivity contribution is 0.232. The van der Waals surface area contributed by atoms with Crippen LogP contribution in [0.3, 0.4) is 0 Å². The van der Waals surface area contributed by atoms with E-state index in [0.29, 0.717) is 50.0 Å². The van der Waals surface area contributed by atoms with Gasteiger partial charge in [-0.25, -0.2) is 17.7 Å². The summed E-state index contributed by atoms with van der Waals surface area (Å²) in [5.74, 6) is 0.942. The summed E-state index contributed by atoms with van der Waals surface area (Å²) in [5.41, 5.74) is 0.858. The molecule has 1 aliphatic heterocycles. The second kappa shape index (κ2) is 7.92. The smallest absolute Gasteiger partial charge is 0.252 e. The summed E-state index contributed by atoms with van der Waals surface area (Å²) in [6.45, 7) is 6.22. The topological polar surface area (TPSA) is 97.2 Å². The van der Waals surface area contributed by atoms with E-state index in [1.54, 1.807) is 22.9 Å². The van der Waals surface area contributed by atoms with Crippen molar-refractivity contribution in [3.63, 3.8) is 0 Å². The number of rotatable bonds is 5. The van der Waals surface area contributed by atoms with Crippen molar-refractivity contribution in [3.05, 3.63) is 28.7 Å². The highest BCUT2D eigenvalue weighted by molar-refractivity contribution is 7.88. The average Bonchev–Trinajstić information content (AvgIpc) is 3.02. The lowest BCUT2D eigenvalue weighted by Gasteiger charge is -2.30. The van der Waals surface area contributed by atoms with Crippen molar-refractivity contribution in [3.8, 4) is 0 Å². The average molecular weight is 434 g/mol. The molecule has 1 saturated heterocycles. The molecular weight excluding hydrogens is 402 g/mol. The normalized spacial score (nSPS) is 23.1. The Kier molecular flexibility index (Phi) is 5.61. The molecule has 30 heavy (non-hydrogen) atoms. The first-order valence-electron chi connectivity index (χ1n) is 10.7. The van der Waals surface area contributed by atoms with Crippen LogP contribution in [0.25, 0.3) is 11.0 Å². The van der Waals surface area contributed by atoms with Gasteiger partial charge in [0.25, 0.3) is 5.56 Å². The monoisotopic (exact) mass is 433 g/mol. The Hall–Kier alpha value is -2.00. The first kappa shape index (κ1) is 21.2. The highest BCUT2D eigenvalue weighted by atomic mass is 32.2. The highest BCUT2D eigenvalue weighted by Gasteiger charge is 2.35. The van der Waals surface area contributed by atoms with Gasteiger partial charge in [-0.05, 0) is 43.1 Å². The quantitative estimate of drug-likeness (QED) is 0.778. The number of fused-ring (bicyclic) bond motifs is 1. The van der Waals surface area contributed by atoms with Gasteiger partial charge < -0.3 is 5.32 Å². The molecule has 2 aliphatic rings. The number of piperidine rings is 1. The molecule has 8 nitrogen and oxygen atoms in total. The van der Waals surface area contributed by atoms with Crippen LogP contribution in [0.15, 0.2) is 23.1 Å². The Morgan fingerprint density at radius 1 is 1.20 bits per heavy atom. The van der Waals surface area contributed by atoms with Crippen LogP contribution in [-0.2, 0) is 16.6 Å².